The molecule has 1 rings (SSSR count). The monoisotopic (exact) mass is 184 g/mol. The van der Waals surface area contributed by atoms with E-state index in [1.807, 2.05) is 12.1 Å². The summed E-state index contributed by atoms with van der Waals surface area (Å²) >= 11 is 5.72. The van der Waals surface area contributed by atoms with Gasteiger partial charge in [-0.15, -0.1) is 11.6 Å². The SMILES string of the molecule is CCc1cc(CCl)cc(NN)c1. The van der Waals surface area contributed by atoms with E-state index in [0.717, 1.165) is 17.7 Å². The molecule has 0 atom stereocenters. The zero-order valence-corrected chi connectivity index (χ0v) is 7.86. The van der Waals surface area contributed by atoms with Gasteiger partial charge in [0.05, 0.1) is 0 Å². The van der Waals surface area contributed by atoms with Crippen molar-refractivity contribution >= 4 is 17.3 Å². The first-order valence-electron chi connectivity index (χ1n) is 3.95. The van der Waals surface area contributed by atoms with Gasteiger partial charge < -0.3 is 5.43 Å². The maximum Gasteiger partial charge on any atom is 0.0490 e. The second-order valence-corrected chi connectivity index (χ2v) is 2.94. The third-order valence-corrected chi connectivity index (χ3v) is 2.09. The van der Waals surface area contributed by atoms with Gasteiger partial charge in [0.15, 0.2) is 0 Å². The van der Waals surface area contributed by atoms with Gasteiger partial charge in [0.2, 0.25) is 0 Å². The van der Waals surface area contributed by atoms with Crippen LogP contribution in [0, 0.1) is 0 Å². The van der Waals surface area contributed by atoms with Crippen molar-refractivity contribution in [2.75, 3.05) is 5.43 Å². The summed E-state index contributed by atoms with van der Waals surface area (Å²) in [4.78, 5) is 0. The number of hydrogen-bond acceptors (Lipinski definition) is 2. The van der Waals surface area contributed by atoms with Gasteiger partial charge in [-0.3, -0.25) is 5.84 Å². The van der Waals surface area contributed by atoms with Crippen molar-refractivity contribution in [3.63, 3.8) is 0 Å². The van der Waals surface area contributed by atoms with Crippen LogP contribution < -0.4 is 11.3 Å². The number of hydrazine groups is 1. The Kier molecular flexibility index (Phi) is 3.38. The third kappa shape index (κ3) is 2.13. The Morgan fingerprint density at radius 2 is 2.00 bits per heavy atom. The number of nitrogen functional groups attached to an aromatic ring is 1. The number of benzene rings is 1. The molecule has 1 aromatic rings. The molecule has 0 amide bonds. The van der Waals surface area contributed by atoms with E-state index >= 15 is 0 Å². The Hall–Kier alpha value is -0.730. The number of alkyl halides is 1. The van der Waals surface area contributed by atoms with E-state index in [2.05, 4.69) is 18.4 Å². The lowest BCUT2D eigenvalue weighted by Gasteiger charge is -2.05. The van der Waals surface area contributed by atoms with Crippen molar-refractivity contribution in [1.82, 2.24) is 0 Å². The van der Waals surface area contributed by atoms with E-state index in [4.69, 9.17) is 17.4 Å². The predicted molar refractivity (Wildman–Crippen MR) is 53.2 cm³/mol. The summed E-state index contributed by atoms with van der Waals surface area (Å²) < 4.78 is 0. The molecule has 0 aromatic heterocycles. The summed E-state index contributed by atoms with van der Waals surface area (Å²) in [5.74, 6) is 5.83. The fraction of sp³-hybridized carbons (Fsp3) is 0.333. The minimum atomic E-state index is 0.530. The van der Waals surface area contributed by atoms with Crippen molar-refractivity contribution in [1.29, 1.82) is 0 Å². The summed E-state index contributed by atoms with van der Waals surface area (Å²) in [6.07, 6.45) is 0.999. The molecule has 66 valence electrons. The fourth-order valence-corrected chi connectivity index (χ4v) is 1.28. The molecule has 0 heterocycles. The molecule has 0 saturated heterocycles. The molecule has 0 radical (unpaired) electrons. The van der Waals surface area contributed by atoms with Crippen LogP contribution in [0.4, 0.5) is 5.69 Å². The Balaban J connectivity index is 3.01. The van der Waals surface area contributed by atoms with Gasteiger partial charge in [-0.1, -0.05) is 13.0 Å². The number of nitrogens with one attached hydrogen (secondary N) is 1. The standard InChI is InChI=1S/C9H13ClN2/c1-2-7-3-8(6-10)5-9(4-7)12-11/h3-5,12H,2,6,11H2,1H3. The molecule has 3 N–H and O–H groups in total. The zero-order chi connectivity index (χ0) is 8.97. The van der Waals surface area contributed by atoms with Crippen LogP contribution in [0.15, 0.2) is 18.2 Å². The molecule has 12 heavy (non-hydrogen) atoms. The van der Waals surface area contributed by atoms with Gasteiger partial charge in [0, 0.05) is 11.6 Å². The summed E-state index contributed by atoms with van der Waals surface area (Å²) in [6, 6.07) is 6.07. The van der Waals surface area contributed by atoms with Gasteiger partial charge in [-0.25, -0.2) is 0 Å². The van der Waals surface area contributed by atoms with Crippen LogP contribution in [-0.2, 0) is 12.3 Å². The largest absolute Gasteiger partial charge is 0.324 e. The molecule has 0 saturated carbocycles. The van der Waals surface area contributed by atoms with Gasteiger partial charge >= 0.3 is 0 Å². The van der Waals surface area contributed by atoms with Crippen molar-refractivity contribution in [3.05, 3.63) is 29.3 Å². The van der Waals surface area contributed by atoms with Gasteiger partial charge in [0.25, 0.3) is 0 Å². The maximum absolute atomic E-state index is 5.72. The Bertz CT molecular complexity index is 205. The molecule has 0 unspecified atom stereocenters. The van der Waals surface area contributed by atoms with Gasteiger partial charge in [-0.2, -0.15) is 0 Å². The quantitative estimate of drug-likeness (QED) is 0.430. The molecule has 0 aliphatic rings. The number of nitrogens with two attached hydrogens (primary N) is 1. The van der Waals surface area contributed by atoms with E-state index in [9.17, 15) is 0 Å². The van der Waals surface area contributed by atoms with Crippen LogP contribution in [0.5, 0.6) is 0 Å². The van der Waals surface area contributed by atoms with Crippen molar-refractivity contribution in [2.45, 2.75) is 19.2 Å². The van der Waals surface area contributed by atoms with E-state index in [-0.39, 0.29) is 0 Å². The molecule has 0 aliphatic carbocycles. The topological polar surface area (TPSA) is 38.0 Å². The van der Waals surface area contributed by atoms with E-state index in [0.29, 0.717) is 5.88 Å². The molecular formula is C9H13ClN2. The van der Waals surface area contributed by atoms with Crippen LogP contribution in [0.25, 0.3) is 0 Å². The van der Waals surface area contributed by atoms with E-state index in [1.165, 1.54) is 5.56 Å². The lowest BCUT2D eigenvalue weighted by Crippen LogP contribution is -2.07. The fourth-order valence-electron chi connectivity index (χ4n) is 1.13. The first kappa shape index (κ1) is 9.36. The normalized spacial score (nSPS) is 9.92. The number of rotatable bonds is 3. The highest BCUT2D eigenvalue weighted by Gasteiger charge is 1.97. The van der Waals surface area contributed by atoms with E-state index in [1.54, 1.807) is 0 Å². The molecule has 0 fully saturated rings. The minimum Gasteiger partial charge on any atom is -0.324 e. The summed E-state index contributed by atoms with van der Waals surface area (Å²) in [5.41, 5.74) is 5.89. The first-order chi connectivity index (χ1) is 5.80. The van der Waals surface area contributed by atoms with Crippen LogP contribution in [0.1, 0.15) is 18.1 Å². The molecule has 3 heteroatoms. The number of aryl methyl sites for hydroxylation is 1. The summed E-state index contributed by atoms with van der Waals surface area (Å²) in [6.45, 7) is 2.10. The molecule has 0 bridgehead atoms. The Morgan fingerprint density at radius 1 is 1.33 bits per heavy atom. The number of hydrogen-bond donors (Lipinski definition) is 2. The van der Waals surface area contributed by atoms with Crippen molar-refractivity contribution in [3.8, 4) is 0 Å². The second kappa shape index (κ2) is 4.33. The third-order valence-electron chi connectivity index (χ3n) is 1.78. The first-order valence-corrected chi connectivity index (χ1v) is 4.49. The maximum atomic E-state index is 5.72. The lowest BCUT2D eigenvalue weighted by atomic mass is 10.1. The lowest BCUT2D eigenvalue weighted by molar-refractivity contribution is 1.12. The average molecular weight is 185 g/mol. The Morgan fingerprint density at radius 3 is 2.50 bits per heavy atom. The highest BCUT2D eigenvalue weighted by atomic mass is 35.5. The Labute approximate surface area is 77.7 Å². The smallest absolute Gasteiger partial charge is 0.0490 e. The van der Waals surface area contributed by atoms with Gasteiger partial charge in [0.1, 0.15) is 0 Å². The minimum absolute atomic E-state index is 0.530. The molecule has 0 spiro atoms. The highest BCUT2D eigenvalue weighted by molar-refractivity contribution is 6.17. The number of halogens is 1. The van der Waals surface area contributed by atoms with Crippen LogP contribution >= 0.6 is 11.6 Å². The van der Waals surface area contributed by atoms with Gasteiger partial charge in [-0.05, 0) is 29.7 Å². The predicted octanol–water partition coefficient (Wildman–Crippen LogP) is 2.27. The van der Waals surface area contributed by atoms with Crippen molar-refractivity contribution in [2.24, 2.45) is 5.84 Å². The summed E-state index contributed by atoms with van der Waals surface area (Å²) in [7, 11) is 0. The van der Waals surface area contributed by atoms with Crippen LogP contribution in [-0.4, -0.2) is 0 Å². The molecule has 2 nitrogen and oxygen atoms in total. The van der Waals surface area contributed by atoms with Crippen LogP contribution in [0.3, 0.4) is 0 Å². The number of anilines is 1. The molecule has 0 aliphatic heterocycles. The second-order valence-electron chi connectivity index (χ2n) is 2.67. The van der Waals surface area contributed by atoms with Crippen LogP contribution in [0.2, 0.25) is 0 Å². The molecular weight excluding hydrogens is 172 g/mol. The average Bonchev–Trinajstić information content (AvgIpc) is 2.16. The highest BCUT2D eigenvalue weighted by Crippen LogP contribution is 2.15. The van der Waals surface area contributed by atoms with Crippen molar-refractivity contribution < 1.29 is 0 Å². The zero-order valence-electron chi connectivity index (χ0n) is 7.10. The summed E-state index contributed by atoms with van der Waals surface area (Å²) in [5, 5.41) is 0. The molecule has 1 aromatic carbocycles. The van der Waals surface area contributed by atoms with E-state index < -0.39 is 0 Å².